The van der Waals surface area contributed by atoms with Gasteiger partial charge < -0.3 is 14.6 Å². The van der Waals surface area contributed by atoms with Crippen molar-refractivity contribution in [2.75, 3.05) is 0 Å². The van der Waals surface area contributed by atoms with Crippen molar-refractivity contribution >= 4 is 28.5 Å². The zero-order valence-electron chi connectivity index (χ0n) is 8.98. The first-order valence-corrected chi connectivity index (χ1v) is 5.50. The summed E-state index contributed by atoms with van der Waals surface area (Å²) in [6.45, 7) is 0. The Bertz CT molecular complexity index is 745. The highest BCUT2D eigenvalue weighted by Gasteiger charge is 2.15. The number of benzene rings is 1. The second kappa shape index (κ2) is 3.89. The molecule has 0 saturated heterocycles. The number of nitrogens with one attached hydrogen (secondary N) is 1. The number of fused-ring (bicyclic) bond motifs is 1. The highest BCUT2D eigenvalue weighted by molar-refractivity contribution is 6.34. The van der Waals surface area contributed by atoms with Gasteiger partial charge in [-0.1, -0.05) is 16.8 Å². The van der Waals surface area contributed by atoms with Gasteiger partial charge in [0.25, 0.3) is 0 Å². The van der Waals surface area contributed by atoms with E-state index < -0.39 is 5.97 Å². The first kappa shape index (κ1) is 10.9. The van der Waals surface area contributed by atoms with Crippen molar-refractivity contribution in [2.45, 2.75) is 0 Å². The molecule has 6 heteroatoms. The van der Waals surface area contributed by atoms with Crippen molar-refractivity contribution in [3.8, 4) is 11.3 Å². The molecule has 18 heavy (non-hydrogen) atoms. The molecule has 2 heterocycles. The molecule has 3 rings (SSSR count). The summed E-state index contributed by atoms with van der Waals surface area (Å²) in [5.74, 6) is -0.809. The predicted octanol–water partition coefficient (Wildman–Crippen LogP) is 3.17. The molecule has 0 radical (unpaired) electrons. The summed E-state index contributed by atoms with van der Waals surface area (Å²) in [4.78, 5) is 13.8. The Hall–Kier alpha value is -2.27. The van der Waals surface area contributed by atoms with Crippen LogP contribution in [-0.4, -0.2) is 21.2 Å². The fourth-order valence-corrected chi connectivity index (χ4v) is 2.03. The Balaban J connectivity index is 2.17. The van der Waals surface area contributed by atoms with E-state index in [4.69, 9.17) is 21.2 Å². The molecule has 0 spiro atoms. The van der Waals surface area contributed by atoms with E-state index in [9.17, 15) is 4.79 Å². The molecule has 90 valence electrons. The predicted molar refractivity (Wildman–Crippen MR) is 65.8 cm³/mol. The van der Waals surface area contributed by atoms with Crippen molar-refractivity contribution in [3.05, 3.63) is 41.2 Å². The number of rotatable bonds is 2. The topological polar surface area (TPSA) is 79.1 Å². The highest BCUT2D eigenvalue weighted by Crippen LogP contribution is 2.32. The average molecular weight is 263 g/mol. The van der Waals surface area contributed by atoms with Crippen LogP contribution in [0.25, 0.3) is 22.2 Å². The van der Waals surface area contributed by atoms with Crippen LogP contribution in [0.3, 0.4) is 0 Å². The van der Waals surface area contributed by atoms with Crippen LogP contribution in [0, 0.1) is 0 Å². The van der Waals surface area contributed by atoms with Gasteiger partial charge in [-0.25, -0.2) is 4.79 Å². The minimum absolute atomic E-state index is 0.146. The first-order chi connectivity index (χ1) is 8.65. The minimum Gasteiger partial charge on any atom is -0.476 e. The molecule has 2 N–H and O–H groups in total. The third-order valence-corrected chi connectivity index (χ3v) is 2.95. The first-order valence-electron chi connectivity index (χ1n) is 5.12. The van der Waals surface area contributed by atoms with E-state index in [0.29, 0.717) is 16.3 Å². The Kier molecular flexibility index (Phi) is 2.34. The summed E-state index contributed by atoms with van der Waals surface area (Å²) in [6.07, 6.45) is 1.80. The molecule has 0 aliphatic heterocycles. The maximum absolute atomic E-state index is 10.7. The van der Waals surface area contributed by atoms with E-state index in [1.165, 1.54) is 6.07 Å². The number of carboxylic acid groups (broad SMARTS) is 1. The Morgan fingerprint density at radius 2 is 2.22 bits per heavy atom. The van der Waals surface area contributed by atoms with E-state index in [1.54, 1.807) is 18.3 Å². The van der Waals surface area contributed by atoms with Crippen LogP contribution in [-0.2, 0) is 0 Å². The van der Waals surface area contributed by atoms with Crippen molar-refractivity contribution in [2.24, 2.45) is 0 Å². The molecule has 0 fully saturated rings. The second-order valence-corrected chi connectivity index (χ2v) is 4.19. The van der Waals surface area contributed by atoms with Crippen molar-refractivity contribution < 1.29 is 14.4 Å². The number of hydrogen-bond acceptors (Lipinski definition) is 3. The van der Waals surface area contributed by atoms with Gasteiger partial charge in [-0.2, -0.15) is 0 Å². The Morgan fingerprint density at radius 1 is 1.39 bits per heavy atom. The van der Waals surface area contributed by atoms with Gasteiger partial charge >= 0.3 is 5.97 Å². The van der Waals surface area contributed by atoms with Crippen LogP contribution < -0.4 is 0 Å². The van der Waals surface area contributed by atoms with Gasteiger partial charge in [0.15, 0.2) is 11.5 Å². The fourth-order valence-electron chi connectivity index (χ4n) is 1.76. The zero-order valence-corrected chi connectivity index (χ0v) is 9.73. The molecule has 0 aliphatic rings. The van der Waals surface area contributed by atoms with Gasteiger partial charge in [0.1, 0.15) is 0 Å². The highest BCUT2D eigenvalue weighted by atomic mass is 35.5. The molecule has 1 aromatic carbocycles. The average Bonchev–Trinajstić information content (AvgIpc) is 2.94. The SMILES string of the molecule is O=C(O)c1cc(-c2cc3[nH]ccc3cc2Cl)on1. The summed E-state index contributed by atoms with van der Waals surface area (Å²) < 4.78 is 4.99. The molecule has 0 amide bonds. The number of nitrogens with zero attached hydrogens (tertiary/aromatic N) is 1. The lowest BCUT2D eigenvalue weighted by Gasteiger charge is -2.00. The monoisotopic (exact) mass is 262 g/mol. The minimum atomic E-state index is -1.14. The molecule has 0 saturated carbocycles. The van der Waals surface area contributed by atoms with Gasteiger partial charge in [0.2, 0.25) is 0 Å². The molecule has 0 unspecified atom stereocenters. The van der Waals surface area contributed by atoms with Crippen LogP contribution in [0.1, 0.15) is 10.5 Å². The van der Waals surface area contributed by atoms with Crippen LogP contribution in [0.4, 0.5) is 0 Å². The van der Waals surface area contributed by atoms with Crippen molar-refractivity contribution in [3.63, 3.8) is 0 Å². The van der Waals surface area contributed by atoms with E-state index in [0.717, 1.165) is 10.9 Å². The lowest BCUT2D eigenvalue weighted by atomic mass is 10.1. The molecule has 0 aliphatic carbocycles. The van der Waals surface area contributed by atoms with Gasteiger partial charge in [0, 0.05) is 28.7 Å². The second-order valence-electron chi connectivity index (χ2n) is 3.78. The number of hydrogen-bond donors (Lipinski definition) is 2. The summed E-state index contributed by atoms with van der Waals surface area (Å²) in [7, 11) is 0. The number of aromatic nitrogens is 2. The third-order valence-electron chi connectivity index (χ3n) is 2.64. The number of aromatic carboxylic acids is 1. The number of carbonyl (C=O) groups is 1. The summed E-state index contributed by atoms with van der Waals surface area (Å²) in [5, 5.41) is 13.7. The van der Waals surface area contributed by atoms with E-state index >= 15 is 0 Å². The van der Waals surface area contributed by atoms with Crippen LogP contribution in [0.15, 0.2) is 35.0 Å². The van der Waals surface area contributed by atoms with E-state index in [-0.39, 0.29) is 5.69 Å². The van der Waals surface area contributed by atoms with Crippen LogP contribution in [0.5, 0.6) is 0 Å². The number of H-pyrrole nitrogens is 1. The quantitative estimate of drug-likeness (QED) is 0.743. The molecule has 2 aromatic heterocycles. The fraction of sp³-hybridized carbons (Fsp3) is 0. The van der Waals surface area contributed by atoms with Gasteiger partial charge in [0.05, 0.1) is 5.02 Å². The van der Waals surface area contributed by atoms with Gasteiger partial charge in [-0.05, 0) is 18.2 Å². The summed E-state index contributed by atoms with van der Waals surface area (Å²) in [5.41, 5.74) is 1.35. The number of carboxylic acids is 1. The zero-order chi connectivity index (χ0) is 12.7. The largest absolute Gasteiger partial charge is 0.476 e. The van der Waals surface area contributed by atoms with E-state index in [1.807, 2.05) is 6.07 Å². The maximum Gasteiger partial charge on any atom is 0.358 e. The van der Waals surface area contributed by atoms with Crippen LogP contribution in [0.2, 0.25) is 5.02 Å². The van der Waals surface area contributed by atoms with E-state index in [2.05, 4.69) is 10.1 Å². The van der Waals surface area contributed by atoms with Gasteiger partial charge in [-0.15, -0.1) is 0 Å². The summed E-state index contributed by atoms with van der Waals surface area (Å²) in [6, 6.07) is 6.82. The lowest BCUT2D eigenvalue weighted by Crippen LogP contribution is -1.94. The number of aromatic amines is 1. The van der Waals surface area contributed by atoms with Crippen molar-refractivity contribution in [1.29, 1.82) is 0 Å². The summed E-state index contributed by atoms with van der Waals surface area (Å²) >= 11 is 6.13. The van der Waals surface area contributed by atoms with Gasteiger partial charge in [-0.3, -0.25) is 0 Å². The lowest BCUT2D eigenvalue weighted by molar-refractivity contribution is 0.0686. The van der Waals surface area contributed by atoms with Crippen molar-refractivity contribution in [1.82, 2.24) is 10.1 Å². The molecule has 5 nitrogen and oxygen atoms in total. The Morgan fingerprint density at radius 3 is 2.94 bits per heavy atom. The van der Waals surface area contributed by atoms with Crippen LogP contribution >= 0.6 is 11.6 Å². The normalized spacial score (nSPS) is 10.9. The molecule has 3 aromatic rings. The maximum atomic E-state index is 10.7. The smallest absolute Gasteiger partial charge is 0.358 e. The molecule has 0 atom stereocenters. The molecular weight excluding hydrogens is 256 g/mol. The molecular formula is C12H7ClN2O3. The third kappa shape index (κ3) is 1.65. The number of halogens is 1. The molecule has 0 bridgehead atoms. The Labute approximate surface area is 106 Å². The standard InChI is InChI=1S/C12H7ClN2O3/c13-8-3-6-1-2-14-9(6)4-7(8)11-5-10(12(16)17)15-18-11/h1-5,14H,(H,16,17).